The third kappa shape index (κ3) is 4.44. The molecular formula is C14H26N2O3. The molecule has 0 aromatic heterocycles. The first-order valence-electron chi connectivity index (χ1n) is 7.46. The van der Waals surface area contributed by atoms with Crippen molar-refractivity contribution in [3.63, 3.8) is 0 Å². The summed E-state index contributed by atoms with van der Waals surface area (Å²) in [5.41, 5.74) is 0. The second-order valence-electron chi connectivity index (χ2n) is 5.77. The Morgan fingerprint density at radius 3 is 2.74 bits per heavy atom. The Morgan fingerprint density at radius 1 is 1.37 bits per heavy atom. The van der Waals surface area contributed by atoms with Gasteiger partial charge in [-0.1, -0.05) is 6.92 Å². The van der Waals surface area contributed by atoms with Crippen molar-refractivity contribution in [1.82, 2.24) is 10.2 Å². The maximum absolute atomic E-state index is 11.9. The predicted octanol–water partition coefficient (Wildman–Crippen LogP) is 0.374. The fourth-order valence-electron chi connectivity index (χ4n) is 2.79. The third-order valence-corrected chi connectivity index (χ3v) is 4.15. The number of nitrogens with one attached hydrogen (secondary N) is 1. The van der Waals surface area contributed by atoms with E-state index in [1.54, 1.807) is 0 Å². The largest absolute Gasteiger partial charge is 0.393 e. The topological polar surface area (TPSA) is 61.8 Å². The minimum Gasteiger partial charge on any atom is -0.393 e. The van der Waals surface area contributed by atoms with Crippen molar-refractivity contribution >= 4 is 5.91 Å². The van der Waals surface area contributed by atoms with Crippen molar-refractivity contribution in [3.05, 3.63) is 0 Å². The van der Waals surface area contributed by atoms with Crippen molar-refractivity contribution in [2.75, 3.05) is 32.8 Å². The molecule has 110 valence electrons. The highest BCUT2D eigenvalue weighted by Crippen LogP contribution is 2.19. The number of piperidine rings is 1. The molecule has 2 aliphatic rings. The van der Waals surface area contributed by atoms with E-state index in [1.165, 1.54) is 0 Å². The first-order chi connectivity index (χ1) is 9.16. The fraction of sp³-hybridized carbons (Fsp3) is 0.929. The molecule has 5 heteroatoms. The number of amides is 1. The van der Waals surface area contributed by atoms with Crippen molar-refractivity contribution in [1.29, 1.82) is 0 Å². The number of likely N-dealkylation sites (tertiary alicyclic amines) is 1. The summed E-state index contributed by atoms with van der Waals surface area (Å²) in [6.07, 6.45) is 3.33. The molecule has 2 atom stereocenters. The molecule has 2 heterocycles. The number of hydrogen-bond acceptors (Lipinski definition) is 4. The lowest BCUT2D eigenvalue weighted by Gasteiger charge is -2.29. The summed E-state index contributed by atoms with van der Waals surface area (Å²) in [6.45, 7) is 6.42. The minimum atomic E-state index is -0.245. The van der Waals surface area contributed by atoms with Gasteiger partial charge in [-0.15, -0.1) is 0 Å². The standard InChI is InChI=1S/C14H26N2O3/c1-11-5-10-19-13(11)14(18)15-6-2-7-16-8-3-12(17)4-9-16/h11-13,17H,2-10H2,1H3,(H,15,18). The van der Waals surface area contributed by atoms with E-state index in [9.17, 15) is 9.90 Å². The lowest BCUT2D eigenvalue weighted by Crippen LogP contribution is -2.40. The van der Waals surface area contributed by atoms with Crippen LogP contribution in [-0.4, -0.2) is 60.9 Å². The highest BCUT2D eigenvalue weighted by atomic mass is 16.5. The van der Waals surface area contributed by atoms with E-state index >= 15 is 0 Å². The van der Waals surface area contributed by atoms with Crippen LogP contribution in [0.25, 0.3) is 0 Å². The first-order valence-corrected chi connectivity index (χ1v) is 7.46. The van der Waals surface area contributed by atoms with E-state index in [2.05, 4.69) is 17.1 Å². The first kappa shape index (κ1) is 14.8. The molecule has 0 radical (unpaired) electrons. The van der Waals surface area contributed by atoms with E-state index in [4.69, 9.17) is 4.74 Å². The van der Waals surface area contributed by atoms with Crippen molar-refractivity contribution < 1.29 is 14.6 Å². The van der Waals surface area contributed by atoms with Crippen LogP contribution >= 0.6 is 0 Å². The van der Waals surface area contributed by atoms with Crippen LogP contribution in [0.3, 0.4) is 0 Å². The van der Waals surface area contributed by atoms with Gasteiger partial charge in [-0.3, -0.25) is 4.79 Å². The van der Waals surface area contributed by atoms with Crippen LogP contribution in [0.5, 0.6) is 0 Å². The molecule has 5 nitrogen and oxygen atoms in total. The molecule has 0 saturated carbocycles. The zero-order valence-electron chi connectivity index (χ0n) is 11.8. The van der Waals surface area contributed by atoms with E-state index in [0.717, 1.165) is 45.3 Å². The smallest absolute Gasteiger partial charge is 0.249 e. The summed E-state index contributed by atoms with van der Waals surface area (Å²) >= 11 is 0. The molecule has 2 rings (SSSR count). The van der Waals surface area contributed by atoms with Crippen LogP contribution in [0.1, 0.15) is 32.6 Å². The zero-order chi connectivity index (χ0) is 13.7. The Kier molecular flexibility index (Phi) is 5.60. The number of aliphatic hydroxyl groups is 1. The van der Waals surface area contributed by atoms with Gasteiger partial charge in [0.15, 0.2) is 0 Å². The van der Waals surface area contributed by atoms with E-state index in [-0.39, 0.29) is 18.1 Å². The van der Waals surface area contributed by atoms with Gasteiger partial charge in [-0.2, -0.15) is 0 Å². The Labute approximate surface area is 115 Å². The SMILES string of the molecule is CC1CCOC1C(=O)NCCCN1CCC(O)CC1. The highest BCUT2D eigenvalue weighted by molar-refractivity contribution is 5.81. The second-order valence-corrected chi connectivity index (χ2v) is 5.77. The lowest BCUT2D eigenvalue weighted by atomic mass is 10.0. The predicted molar refractivity (Wildman–Crippen MR) is 72.8 cm³/mol. The van der Waals surface area contributed by atoms with Gasteiger partial charge in [0, 0.05) is 26.2 Å². The van der Waals surface area contributed by atoms with Gasteiger partial charge in [0.25, 0.3) is 0 Å². The summed E-state index contributed by atoms with van der Waals surface area (Å²) in [5.74, 6) is 0.377. The van der Waals surface area contributed by atoms with Crippen molar-refractivity contribution in [2.24, 2.45) is 5.92 Å². The van der Waals surface area contributed by atoms with Crippen LogP contribution in [0.2, 0.25) is 0 Å². The van der Waals surface area contributed by atoms with Crippen LogP contribution in [0.15, 0.2) is 0 Å². The summed E-state index contributed by atoms with van der Waals surface area (Å²) in [6, 6.07) is 0. The molecule has 0 aromatic rings. The Balaban J connectivity index is 1.55. The molecule has 2 unspecified atom stereocenters. The lowest BCUT2D eigenvalue weighted by molar-refractivity contribution is -0.131. The molecule has 0 aromatic carbocycles. The monoisotopic (exact) mass is 270 g/mol. The fourth-order valence-corrected chi connectivity index (χ4v) is 2.79. The average molecular weight is 270 g/mol. The number of carbonyl (C=O) groups excluding carboxylic acids is 1. The number of rotatable bonds is 5. The van der Waals surface area contributed by atoms with Crippen molar-refractivity contribution in [3.8, 4) is 0 Å². The Hall–Kier alpha value is -0.650. The number of nitrogens with zero attached hydrogens (tertiary/aromatic N) is 1. The maximum Gasteiger partial charge on any atom is 0.249 e. The summed E-state index contributed by atoms with van der Waals surface area (Å²) in [5, 5.41) is 12.4. The van der Waals surface area contributed by atoms with Gasteiger partial charge in [0.2, 0.25) is 5.91 Å². The summed E-state index contributed by atoms with van der Waals surface area (Å²) < 4.78 is 5.44. The van der Waals surface area contributed by atoms with Crippen LogP contribution in [0.4, 0.5) is 0 Å². The number of aliphatic hydroxyl groups excluding tert-OH is 1. The quantitative estimate of drug-likeness (QED) is 0.709. The van der Waals surface area contributed by atoms with E-state index < -0.39 is 0 Å². The molecular weight excluding hydrogens is 244 g/mol. The van der Waals surface area contributed by atoms with Gasteiger partial charge in [0.1, 0.15) is 6.10 Å². The van der Waals surface area contributed by atoms with Gasteiger partial charge in [-0.05, 0) is 38.1 Å². The van der Waals surface area contributed by atoms with Crippen LogP contribution in [0, 0.1) is 5.92 Å². The van der Waals surface area contributed by atoms with Crippen LogP contribution in [-0.2, 0) is 9.53 Å². The van der Waals surface area contributed by atoms with Crippen LogP contribution < -0.4 is 5.32 Å². The molecule has 2 N–H and O–H groups in total. The molecule has 2 aliphatic heterocycles. The van der Waals surface area contributed by atoms with E-state index in [0.29, 0.717) is 19.1 Å². The Bertz CT molecular complexity index is 290. The molecule has 0 aliphatic carbocycles. The van der Waals surface area contributed by atoms with Gasteiger partial charge < -0.3 is 20.1 Å². The average Bonchev–Trinajstić information content (AvgIpc) is 2.83. The third-order valence-electron chi connectivity index (χ3n) is 4.15. The van der Waals surface area contributed by atoms with Gasteiger partial charge in [-0.25, -0.2) is 0 Å². The second kappa shape index (κ2) is 7.22. The highest BCUT2D eigenvalue weighted by Gasteiger charge is 2.30. The molecule has 0 spiro atoms. The summed E-state index contributed by atoms with van der Waals surface area (Å²) in [7, 11) is 0. The number of hydrogen-bond donors (Lipinski definition) is 2. The number of ether oxygens (including phenoxy) is 1. The van der Waals surface area contributed by atoms with E-state index in [1.807, 2.05) is 0 Å². The zero-order valence-corrected chi connectivity index (χ0v) is 11.8. The molecule has 0 bridgehead atoms. The molecule has 2 fully saturated rings. The Morgan fingerprint density at radius 2 is 2.11 bits per heavy atom. The normalized spacial score (nSPS) is 29.6. The molecule has 1 amide bonds. The van der Waals surface area contributed by atoms with Gasteiger partial charge >= 0.3 is 0 Å². The van der Waals surface area contributed by atoms with Gasteiger partial charge in [0.05, 0.1) is 6.10 Å². The maximum atomic E-state index is 11.9. The molecule has 19 heavy (non-hydrogen) atoms. The minimum absolute atomic E-state index is 0.0408. The van der Waals surface area contributed by atoms with Crippen molar-refractivity contribution in [2.45, 2.75) is 44.8 Å². The molecule has 2 saturated heterocycles. The number of carbonyl (C=O) groups is 1. The summed E-state index contributed by atoms with van der Waals surface area (Å²) in [4.78, 5) is 14.2.